The van der Waals surface area contributed by atoms with Crippen molar-refractivity contribution in [2.75, 3.05) is 46.4 Å². The molecule has 3 nitrogen and oxygen atoms in total. The van der Waals surface area contributed by atoms with Gasteiger partial charge in [0.25, 0.3) is 0 Å². The molecule has 0 radical (unpaired) electrons. The van der Waals surface area contributed by atoms with Crippen molar-refractivity contribution < 1.29 is 4.74 Å². The van der Waals surface area contributed by atoms with Crippen LogP contribution in [0.25, 0.3) is 0 Å². The number of ether oxygens (including phenoxy) is 1. The van der Waals surface area contributed by atoms with E-state index in [0.29, 0.717) is 6.10 Å². The minimum atomic E-state index is 0.415. The summed E-state index contributed by atoms with van der Waals surface area (Å²) in [5.74, 6) is 0. The molecule has 0 N–H and O–H groups in total. The summed E-state index contributed by atoms with van der Waals surface area (Å²) in [7, 11) is 2.15. The van der Waals surface area contributed by atoms with Gasteiger partial charge in [-0.25, -0.2) is 0 Å². The van der Waals surface area contributed by atoms with Crippen molar-refractivity contribution in [3.05, 3.63) is 0 Å². The Hall–Kier alpha value is -0.120. The maximum atomic E-state index is 5.70. The molecule has 0 saturated carbocycles. The fourth-order valence-corrected chi connectivity index (χ4v) is 1.65. The molecule has 0 aliphatic carbocycles. The van der Waals surface area contributed by atoms with Crippen LogP contribution in [0.3, 0.4) is 0 Å². The second-order valence-electron chi connectivity index (χ2n) is 3.74. The van der Waals surface area contributed by atoms with Crippen molar-refractivity contribution in [2.24, 2.45) is 0 Å². The van der Waals surface area contributed by atoms with Crippen molar-refractivity contribution in [2.45, 2.75) is 20.0 Å². The average Bonchev–Trinajstić information content (AvgIpc) is 2.18. The zero-order valence-electron chi connectivity index (χ0n) is 9.12. The Bertz CT molecular complexity index is 139. The van der Waals surface area contributed by atoms with Crippen LogP contribution < -0.4 is 0 Å². The lowest BCUT2D eigenvalue weighted by molar-refractivity contribution is -0.0383. The van der Waals surface area contributed by atoms with E-state index >= 15 is 0 Å². The van der Waals surface area contributed by atoms with Gasteiger partial charge in [0.1, 0.15) is 0 Å². The summed E-state index contributed by atoms with van der Waals surface area (Å²) in [6.45, 7) is 10.8. The molecule has 0 spiro atoms. The van der Waals surface area contributed by atoms with Gasteiger partial charge in [0.05, 0.1) is 12.7 Å². The number of likely N-dealkylation sites (N-methyl/N-ethyl adjacent to an activating group) is 2. The highest BCUT2D eigenvalue weighted by atomic mass is 16.5. The van der Waals surface area contributed by atoms with Crippen LogP contribution in [0.2, 0.25) is 0 Å². The van der Waals surface area contributed by atoms with E-state index in [9.17, 15) is 0 Å². The molecule has 13 heavy (non-hydrogen) atoms. The van der Waals surface area contributed by atoms with Gasteiger partial charge in [0, 0.05) is 19.6 Å². The molecule has 1 saturated heterocycles. The maximum absolute atomic E-state index is 5.70. The van der Waals surface area contributed by atoms with Crippen molar-refractivity contribution in [1.29, 1.82) is 0 Å². The number of nitrogens with zero attached hydrogens (tertiary/aromatic N) is 2. The monoisotopic (exact) mass is 186 g/mol. The molecule has 0 aromatic heterocycles. The van der Waals surface area contributed by atoms with Gasteiger partial charge in [-0.3, -0.25) is 4.90 Å². The van der Waals surface area contributed by atoms with Crippen LogP contribution in [0, 0.1) is 0 Å². The first-order valence-electron chi connectivity index (χ1n) is 5.28. The number of hydrogen-bond donors (Lipinski definition) is 0. The summed E-state index contributed by atoms with van der Waals surface area (Å²) >= 11 is 0. The lowest BCUT2D eigenvalue weighted by Crippen LogP contribution is -2.46. The molecule has 1 atom stereocenters. The highest BCUT2D eigenvalue weighted by molar-refractivity contribution is 4.72. The van der Waals surface area contributed by atoms with Gasteiger partial charge in [0.15, 0.2) is 0 Å². The van der Waals surface area contributed by atoms with Gasteiger partial charge >= 0.3 is 0 Å². The van der Waals surface area contributed by atoms with E-state index in [1.54, 1.807) is 0 Å². The van der Waals surface area contributed by atoms with Crippen molar-refractivity contribution in [3.63, 3.8) is 0 Å². The minimum Gasteiger partial charge on any atom is -0.374 e. The van der Waals surface area contributed by atoms with Crippen LogP contribution in [0.5, 0.6) is 0 Å². The fraction of sp³-hybridized carbons (Fsp3) is 1.00. The van der Waals surface area contributed by atoms with E-state index in [-0.39, 0.29) is 0 Å². The van der Waals surface area contributed by atoms with E-state index in [4.69, 9.17) is 4.74 Å². The summed E-state index contributed by atoms with van der Waals surface area (Å²) in [6, 6.07) is 0. The van der Waals surface area contributed by atoms with E-state index in [1.807, 2.05) is 0 Å². The third-order valence-corrected chi connectivity index (χ3v) is 2.73. The summed E-state index contributed by atoms with van der Waals surface area (Å²) < 4.78 is 5.70. The van der Waals surface area contributed by atoms with Crippen molar-refractivity contribution >= 4 is 0 Å². The van der Waals surface area contributed by atoms with Gasteiger partial charge in [-0.05, 0) is 20.1 Å². The van der Waals surface area contributed by atoms with Crippen LogP contribution in [-0.2, 0) is 4.74 Å². The van der Waals surface area contributed by atoms with Gasteiger partial charge in [0.2, 0.25) is 0 Å². The third-order valence-electron chi connectivity index (χ3n) is 2.73. The Morgan fingerprint density at radius 2 is 2.23 bits per heavy atom. The standard InChI is InChI=1S/C10H22N2O/c1-4-11(3)8-10-9-12(5-2)6-7-13-10/h10H,4-9H2,1-3H3/t10-/m1/s1. The lowest BCUT2D eigenvalue weighted by atomic mass is 10.2. The third kappa shape index (κ3) is 3.63. The fourth-order valence-electron chi connectivity index (χ4n) is 1.65. The van der Waals surface area contributed by atoms with Crippen LogP contribution in [-0.4, -0.2) is 62.3 Å². The van der Waals surface area contributed by atoms with E-state index < -0.39 is 0 Å². The van der Waals surface area contributed by atoms with E-state index in [2.05, 4.69) is 30.7 Å². The Morgan fingerprint density at radius 3 is 2.85 bits per heavy atom. The average molecular weight is 186 g/mol. The molecule has 0 unspecified atom stereocenters. The van der Waals surface area contributed by atoms with Gasteiger partial charge in [-0.2, -0.15) is 0 Å². The molecule has 1 aliphatic rings. The molecule has 0 aromatic rings. The zero-order chi connectivity index (χ0) is 9.68. The lowest BCUT2D eigenvalue weighted by Gasteiger charge is -2.33. The number of hydrogen-bond acceptors (Lipinski definition) is 3. The second kappa shape index (κ2) is 5.58. The molecule has 0 aromatic carbocycles. The molecular weight excluding hydrogens is 164 g/mol. The van der Waals surface area contributed by atoms with Crippen LogP contribution in [0.1, 0.15) is 13.8 Å². The predicted molar refractivity (Wildman–Crippen MR) is 55.0 cm³/mol. The van der Waals surface area contributed by atoms with Crippen molar-refractivity contribution in [3.8, 4) is 0 Å². The molecule has 3 heteroatoms. The topological polar surface area (TPSA) is 15.7 Å². The summed E-state index contributed by atoms with van der Waals surface area (Å²) in [6.07, 6.45) is 0.415. The SMILES string of the molecule is CCN(C)C[C@@H]1CN(CC)CCO1. The Kier molecular flexibility index (Phi) is 4.70. The smallest absolute Gasteiger partial charge is 0.0829 e. The Balaban J connectivity index is 2.25. The molecule has 1 fully saturated rings. The molecule has 1 aliphatic heterocycles. The quantitative estimate of drug-likeness (QED) is 0.641. The van der Waals surface area contributed by atoms with Crippen molar-refractivity contribution in [1.82, 2.24) is 9.80 Å². The molecule has 78 valence electrons. The minimum absolute atomic E-state index is 0.415. The van der Waals surface area contributed by atoms with E-state index in [1.165, 1.54) is 0 Å². The van der Waals surface area contributed by atoms with Crippen LogP contribution in [0.15, 0.2) is 0 Å². The molecule has 0 amide bonds. The number of rotatable bonds is 4. The highest BCUT2D eigenvalue weighted by Crippen LogP contribution is 2.05. The molecule has 1 heterocycles. The normalized spacial score (nSPS) is 25.4. The first-order valence-corrected chi connectivity index (χ1v) is 5.28. The van der Waals surface area contributed by atoms with Crippen LogP contribution >= 0.6 is 0 Å². The Morgan fingerprint density at radius 1 is 1.46 bits per heavy atom. The molecule has 1 rings (SSSR count). The Labute approximate surface area is 81.7 Å². The second-order valence-corrected chi connectivity index (χ2v) is 3.74. The molecular formula is C10H22N2O. The zero-order valence-corrected chi connectivity index (χ0v) is 9.12. The summed E-state index contributed by atoms with van der Waals surface area (Å²) in [5.41, 5.74) is 0. The maximum Gasteiger partial charge on any atom is 0.0829 e. The molecule has 0 bridgehead atoms. The summed E-state index contributed by atoms with van der Waals surface area (Å²) in [4.78, 5) is 4.77. The van der Waals surface area contributed by atoms with Gasteiger partial charge in [-0.15, -0.1) is 0 Å². The first-order chi connectivity index (χ1) is 6.26. The van der Waals surface area contributed by atoms with Gasteiger partial charge < -0.3 is 9.64 Å². The van der Waals surface area contributed by atoms with Gasteiger partial charge in [-0.1, -0.05) is 13.8 Å². The largest absolute Gasteiger partial charge is 0.374 e. The van der Waals surface area contributed by atoms with E-state index in [0.717, 1.165) is 39.3 Å². The summed E-state index contributed by atoms with van der Waals surface area (Å²) in [5, 5.41) is 0. The first kappa shape index (κ1) is 11.0. The predicted octanol–water partition coefficient (Wildman–Crippen LogP) is 0.659. The number of morpholine rings is 1. The van der Waals surface area contributed by atoms with Crippen LogP contribution in [0.4, 0.5) is 0 Å². The highest BCUT2D eigenvalue weighted by Gasteiger charge is 2.19.